The Balaban J connectivity index is 0. The van der Waals surface area contributed by atoms with Gasteiger partial charge in [-0.1, -0.05) is 0 Å². The van der Waals surface area contributed by atoms with E-state index < -0.39 is 18.1 Å². The van der Waals surface area contributed by atoms with Crippen molar-refractivity contribution < 1.29 is 10.2 Å². The predicted octanol–water partition coefficient (Wildman–Crippen LogP) is -5.29. The standard InChI is InChI=1S/AsH6.3O.S.Sb/h1H6;;;;;/q+3;3*-1;;. The molecular weight excluding hydrogens is 277 g/mol. The zero-order chi connectivity index (χ0) is 4.50. The van der Waals surface area contributed by atoms with Crippen molar-refractivity contribution in [1.82, 2.24) is 0 Å². The molecule has 0 radical (unpaired) electrons. The predicted molar refractivity (Wildman–Crippen MR) is 27.5 cm³/mol. The maximum absolute atomic E-state index is 9.01. The summed E-state index contributed by atoms with van der Waals surface area (Å²) in [4.78, 5) is 0. The van der Waals surface area contributed by atoms with Gasteiger partial charge < -0.3 is 0 Å². The Morgan fingerprint density at radius 2 is 1.17 bits per heavy atom. The second-order valence-electron chi connectivity index (χ2n) is 0.447. The van der Waals surface area contributed by atoms with Crippen LogP contribution in [0.4, 0.5) is 0 Å². The summed E-state index contributed by atoms with van der Waals surface area (Å²) in [6, 6.07) is 0. The zero-order valence-electron chi connectivity index (χ0n) is 2.08. The summed E-state index contributed by atoms with van der Waals surface area (Å²) in [5.41, 5.74) is 0. The summed E-state index contributed by atoms with van der Waals surface area (Å²) in [7, 11) is 3.36. The third-order valence-electron chi connectivity index (χ3n) is 0. The quantitative estimate of drug-likeness (QED) is 0.416. The fourth-order valence-electron chi connectivity index (χ4n) is 0. The average molecular weight is 283 g/mol. The summed E-state index contributed by atoms with van der Waals surface area (Å²) in [6.07, 6.45) is 0. The van der Waals surface area contributed by atoms with E-state index in [9.17, 15) is 0 Å². The molecule has 0 heterocycles. The van der Waals surface area contributed by atoms with Gasteiger partial charge in [0.25, 0.3) is 0 Å². The Labute approximate surface area is 55.1 Å². The van der Waals surface area contributed by atoms with E-state index in [0.29, 0.717) is 0 Å². The molecule has 0 aromatic carbocycles. The molecule has 0 atom stereocenters. The van der Waals surface area contributed by atoms with Gasteiger partial charge in [0.05, 0.1) is 0 Å². The molecule has 0 aliphatic heterocycles. The summed E-state index contributed by atoms with van der Waals surface area (Å²) >= 11 is -5.27. The molecule has 0 fully saturated rings. The van der Waals surface area contributed by atoms with Crippen LogP contribution in [0.3, 0.4) is 0 Å². The molecule has 40 valence electrons. The van der Waals surface area contributed by atoms with E-state index in [1.165, 1.54) is 0 Å². The molecule has 0 amide bonds. The van der Waals surface area contributed by atoms with Gasteiger partial charge in [0, 0.05) is 0 Å². The SMILES string of the molecule is [AsH6+3].[O-][Sb]([O-])([O-])=[S]. The second kappa shape index (κ2) is 3.48. The summed E-state index contributed by atoms with van der Waals surface area (Å²) in [6.45, 7) is 0. The first-order valence-corrected chi connectivity index (χ1v) is 7.35. The Kier molecular flexibility index (Phi) is 6.06. The number of hydrogen-bond donors (Lipinski definition) is 0. The fraction of sp³-hybridized carbons (Fsp3) is 0. The van der Waals surface area contributed by atoms with E-state index in [2.05, 4.69) is 9.19 Å². The van der Waals surface area contributed by atoms with Gasteiger partial charge in [0.2, 0.25) is 0 Å². The van der Waals surface area contributed by atoms with E-state index in [1.807, 2.05) is 0 Å². The van der Waals surface area contributed by atoms with E-state index in [0.717, 1.165) is 0 Å². The van der Waals surface area contributed by atoms with Gasteiger partial charge in [-0.2, -0.15) is 0 Å². The minimum atomic E-state index is -5.27. The van der Waals surface area contributed by atoms with Crippen LogP contribution in [-0.4, -0.2) is 36.1 Å². The second-order valence-corrected chi connectivity index (χ2v) is 6.00. The molecule has 0 N–H and O–H groups in total. The van der Waals surface area contributed by atoms with Gasteiger partial charge in [-0.05, 0) is 0 Å². The van der Waals surface area contributed by atoms with Gasteiger partial charge in [-0.25, -0.2) is 0 Å². The molecule has 0 saturated carbocycles. The third-order valence-corrected chi connectivity index (χ3v) is 0. The fourth-order valence-corrected chi connectivity index (χ4v) is 0. The molecule has 0 rings (SSSR count). The van der Waals surface area contributed by atoms with Gasteiger partial charge >= 0.3 is 55.4 Å². The van der Waals surface area contributed by atoms with E-state index in [1.54, 1.807) is 0 Å². The minimum absolute atomic E-state index is 0. The first-order valence-electron chi connectivity index (χ1n) is 0.730. The van der Waals surface area contributed by atoms with Crippen LogP contribution in [0, 0.1) is 0 Å². The van der Waals surface area contributed by atoms with Gasteiger partial charge in [0.15, 0.2) is 0 Å². The van der Waals surface area contributed by atoms with Gasteiger partial charge in [-0.15, -0.1) is 0 Å². The van der Waals surface area contributed by atoms with Gasteiger partial charge in [-0.3, -0.25) is 0 Å². The van der Waals surface area contributed by atoms with Crippen LogP contribution in [0.25, 0.3) is 0 Å². The van der Waals surface area contributed by atoms with Crippen molar-refractivity contribution >= 4 is 45.2 Å². The Bertz CT molecular complexity index is 56.9. The Morgan fingerprint density at radius 1 is 1.17 bits per heavy atom. The van der Waals surface area contributed by atoms with Crippen molar-refractivity contribution in [3.05, 3.63) is 0 Å². The molecular formula is H6AsO3SSb. The van der Waals surface area contributed by atoms with E-state index in [4.69, 9.17) is 10.2 Å². The molecule has 0 bridgehead atoms. The van der Waals surface area contributed by atoms with E-state index >= 15 is 0 Å². The van der Waals surface area contributed by atoms with Crippen LogP contribution in [0.15, 0.2) is 0 Å². The zero-order valence-corrected chi connectivity index (χ0v) is 5.45. The molecule has 6 heavy (non-hydrogen) atoms. The monoisotopic (exact) mass is 282 g/mol. The third kappa shape index (κ3) is 50.3. The molecule has 0 spiro atoms. The van der Waals surface area contributed by atoms with Crippen LogP contribution in [0.5, 0.6) is 0 Å². The van der Waals surface area contributed by atoms with Crippen LogP contribution >= 0.6 is 9.19 Å². The van der Waals surface area contributed by atoms with Crippen LogP contribution < -0.4 is 10.2 Å². The normalized spacial score (nSPS) is 9.83. The Hall–Kier alpha value is 1.48. The van der Waals surface area contributed by atoms with E-state index in [-0.39, 0.29) is 18.0 Å². The van der Waals surface area contributed by atoms with Crippen molar-refractivity contribution in [1.29, 1.82) is 0 Å². The average Bonchev–Trinajstić information content (AvgIpc) is 0.722. The topological polar surface area (TPSA) is 69.2 Å². The summed E-state index contributed by atoms with van der Waals surface area (Å²) < 4.78 is 27.0. The van der Waals surface area contributed by atoms with Crippen molar-refractivity contribution in [2.75, 3.05) is 0 Å². The number of rotatable bonds is 0. The van der Waals surface area contributed by atoms with Crippen LogP contribution in [-0.2, 0) is 0 Å². The van der Waals surface area contributed by atoms with Crippen molar-refractivity contribution in [3.8, 4) is 0 Å². The maximum atomic E-state index is 9.01. The van der Waals surface area contributed by atoms with Crippen molar-refractivity contribution in [2.24, 2.45) is 0 Å². The molecule has 0 saturated heterocycles. The summed E-state index contributed by atoms with van der Waals surface area (Å²) in [5.74, 6) is 0. The van der Waals surface area contributed by atoms with Crippen LogP contribution in [0.1, 0.15) is 0 Å². The molecule has 0 aliphatic rings. The number of hydrogen-bond acceptors (Lipinski definition) is 4. The first-order chi connectivity index (χ1) is 2.00. The summed E-state index contributed by atoms with van der Waals surface area (Å²) in [5, 5.41) is 0. The Morgan fingerprint density at radius 3 is 1.17 bits per heavy atom. The molecule has 6 heteroatoms. The molecule has 3 nitrogen and oxygen atoms in total. The van der Waals surface area contributed by atoms with Crippen LogP contribution in [0.2, 0.25) is 0 Å². The first kappa shape index (κ1) is 10.5. The molecule has 0 aromatic rings. The van der Waals surface area contributed by atoms with Gasteiger partial charge in [0.1, 0.15) is 0 Å². The van der Waals surface area contributed by atoms with Crippen molar-refractivity contribution in [3.63, 3.8) is 0 Å². The van der Waals surface area contributed by atoms with Crippen molar-refractivity contribution in [2.45, 2.75) is 0 Å². The molecule has 0 aliphatic carbocycles. The molecule has 0 aromatic heterocycles. The molecule has 0 unspecified atom stereocenters.